The Hall–Kier alpha value is -0.580. The van der Waals surface area contributed by atoms with Crippen molar-refractivity contribution in [1.82, 2.24) is 4.90 Å². The van der Waals surface area contributed by atoms with Crippen LogP contribution in [0.1, 0.15) is 5.56 Å². The van der Waals surface area contributed by atoms with E-state index in [0.717, 1.165) is 43.9 Å². The van der Waals surface area contributed by atoms with Crippen LogP contribution in [0.15, 0.2) is 22.7 Å². The summed E-state index contributed by atoms with van der Waals surface area (Å²) in [6, 6.07) is 6.37. The lowest BCUT2D eigenvalue weighted by atomic mass is 10.2. The van der Waals surface area contributed by atoms with Crippen LogP contribution in [-0.4, -0.2) is 44.3 Å². The summed E-state index contributed by atoms with van der Waals surface area (Å²) in [5.41, 5.74) is 2.46. The molecule has 1 fully saturated rings. The molecule has 1 N–H and O–H groups in total. The van der Waals surface area contributed by atoms with Crippen LogP contribution in [0, 0.1) is 6.92 Å². The monoisotopic (exact) mass is 298 g/mol. The van der Waals surface area contributed by atoms with Crippen LogP contribution in [0.25, 0.3) is 0 Å². The van der Waals surface area contributed by atoms with Crippen molar-refractivity contribution in [3.63, 3.8) is 0 Å². The Morgan fingerprint density at radius 3 is 2.88 bits per heavy atom. The average Bonchev–Trinajstić information content (AvgIpc) is 2.35. The van der Waals surface area contributed by atoms with E-state index in [-0.39, 0.29) is 0 Å². The van der Waals surface area contributed by atoms with Crippen LogP contribution < -0.4 is 5.32 Å². The summed E-state index contributed by atoms with van der Waals surface area (Å²) in [5, 5.41) is 3.47. The standard InChI is InChI=1S/C13H19BrN2O/c1-11-2-3-12(14)13(10-11)15-4-5-16-6-8-17-9-7-16/h2-3,10,15H,4-9H2,1H3. The quantitative estimate of drug-likeness (QED) is 0.924. The molecule has 0 atom stereocenters. The van der Waals surface area contributed by atoms with E-state index in [4.69, 9.17) is 4.74 Å². The van der Waals surface area contributed by atoms with Gasteiger partial charge in [0.25, 0.3) is 0 Å². The Morgan fingerprint density at radius 2 is 2.12 bits per heavy atom. The van der Waals surface area contributed by atoms with E-state index in [1.54, 1.807) is 0 Å². The Kier molecular flexibility index (Phi) is 4.83. The number of benzene rings is 1. The molecular weight excluding hydrogens is 280 g/mol. The zero-order valence-corrected chi connectivity index (χ0v) is 11.8. The van der Waals surface area contributed by atoms with Crippen molar-refractivity contribution in [1.29, 1.82) is 0 Å². The van der Waals surface area contributed by atoms with Crippen molar-refractivity contribution in [3.05, 3.63) is 28.2 Å². The second kappa shape index (κ2) is 6.38. The smallest absolute Gasteiger partial charge is 0.0594 e. The molecule has 3 nitrogen and oxygen atoms in total. The summed E-state index contributed by atoms with van der Waals surface area (Å²) in [5.74, 6) is 0. The number of rotatable bonds is 4. The number of hydrogen-bond acceptors (Lipinski definition) is 3. The third-order valence-corrected chi connectivity index (χ3v) is 3.66. The van der Waals surface area contributed by atoms with Crippen molar-refractivity contribution in [2.75, 3.05) is 44.7 Å². The van der Waals surface area contributed by atoms with Gasteiger partial charge in [-0.05, 0) is 40.5 Å². The molecule has 1 aromatic carbocycles. The van der Waals surface area contributed by atoms with Gasteiger partial charge in [-0.1, -0.05) is 6.07 Å². The molecule has 0 unspecified atom stereocenters. The summed E-state index contributed by atoms with van der Waals surface area (Å²) in [7, 11) is 0. The van der Waals surface area contributed by atoms with Gasteiger partial charge in [0.2, 0.25) is 0 Å². The van der Waals surface area contributed by atoms with Crippen LogP contribution in [0.5, 0.6) is 0 Å². The third-order valence-electron chi connectivity index (χ3n) is 2.97. The van der Waals surface area contributed by atoms with Crippen molar-refractivity contribution < 1.29 is 4.74 Å². The van der Waals surface area contributed by atoms with E-state index < -0.39 is 0 Å². The minimum absolute atomic E-state index is 0.869. The lowest BCUT2D eigenvalue weighted by Crippen LogP contribution is -2.39. The number of nitrogens with one attached hydrogen (secondary N) is 1. The van der Waals surface area contributed by atoms with E-state index >= 15 is 0 Å². The number of ether oxygens (including phenoxy) is 1. The largest absolute Gasteiger partial charge is 0.383 e. The molecule has 1 aromatic rings. The Balaban J connectivity index is 1.79. The first-order valence-electron chi connectivity index (χ1n) is 6.06. The van der Waals surface area contributed by atoms with E-state index in [1.807, 2.05) is 0 Å². The predicted molar refractivity (Wildman–Crippen MR) is 74.6 cm³/mol. The number of nitrogens with zero attached hydrogens (tertiary/aromatic N) is 1. The summed E-state index contributed by atoms with van der Waals surface area (Å²) >= 11 is 3.56. The molecule has 0 spiro atoms. The van der Waals surface area contributed by atoms with Crippen LogP contribution in [0.3, 0.4) is 0 Å². The van der Waals surface area contributed by atoms with E-state index in [1.165, 1.54) is 11.3 Å². The van der Waals surface area contributed by atoms with Gasteiger partial charge in [-0.2, -0.15) is 0 Å². The molecule has 0 saturated carbocycles. The highest BCUT2D eigenvalue weighted by atomic mass is 79.9. The van der Waals surface area contributed by atoms with Gasteiger partial charge in [-0.15, -0.1) is 0 Å². The van der Waals surface area contributed by atoms with Gasteiger partial charge < -0.3 is 10.1 Å². The SMILES string of the molecule is Cc1ccc(Br)c(NCCN2CCOCC2)c1. The fourth-order valence-electron chi connectivity index (χ4n) is 1.95. The average molecular weight is 299 g/mol. The summed E-state index contributed by atoms with van der Waals surface area (Å²) in [6.07, 6.45) is 0. The first kappa shape index (κ1) is 12.9. The van der Waals surface area contributed by atoms with Crippen molar-refractivity contribution in [3.8, 4) is 0 Å². The molecule has 1 saturated heterocycles. The first-order valence-corrected chi connectivity index (χ1v) is 6.85. The number of morpholine rings is 1. The fourth-order valence-corrected chi connectivity index (χ4v) is 2.33. The van der Waals surface area contributed by atoms with Crippen molar-refractivity contribution >= 4 is 21.6 Å². The minimum Gasteiger partial charge on any atom is -0.383 e. The molecule has 1 aliphatic rings. The number of halogens is 1. The van der Waals surface area contributed by atoms with E-state index in [0.29, 0.717) is 0 Å². The van der Waals surface area contributed by atoms with Gasteiger partial charge >= 0.3 is 0 Å². The van der Waals surface area contributed by atoms with Crippen molar-refractivity contribution in [2.24, 2.45) is 0 Å². The van der Waals surface area contributed by atoms with Gasteiger partial charge in [0.05, 0.1) is 13.2 Å². The highest BCUT2D eigenvalue weighted by Gasteiger charge is 2.09. The molecule has 4 heteroatoms. The summed E-state index contributed by atoms with van der Waals surface area (Å²) in [4.78, 5) is 2.43. The lowest BCUT2D eigenvalue weighted by Gasteiger charge is -2.26. The second-order valence-electron chi connectivity index (χ2n) is 4.36. The zero-order chi connectivity index (χ0) is 12.1. The summed E-state index contributed by atoms with van der Waals surface area (Å²) in [6.45, 7) is 8.00. The fraction of sp³-hybridized carbons (Fsp3) is 0.538. The van der Waals surface area contributed by atoms with Crippen LogP contribution in [0.4, 0.5) is 5.69 Å². The maximum absolute atomic E-state index is 5.33. The van der Waals surface area contributed by atoms with Crippen LogP contribution in [0.2, 0.25) is 0 Å². The summed E-state index contributed by atoms with van der Waals surface area (Å²) < 4.78 is 6.46. The molecule has 94 valence electrons. The van der Waals surface area contributed by atoms with Gasteiger partial charge in [0, 0.05) is 36.3 Å². The van der Waals surface area contributed by atoms with Gasteiger partial charge in [-0.3, -0.25) is 4.90 Å². The molecule has 0 radical (unpaired) electrons. The highest BCUT2D eigenvalue weighted by molar-refractivity contribution is 9.10. The molecule has 1 aliphatic heterocycles. The van der Waals surface area contributed by atoms with Gasteiger partial charge in [0.15, 0.2) is 0 Å². The van der Waals surface area contributed by atoms with Crippen LogP contribution in [-0.2, 0) is 4.74 Å². The van der Waals surface area contributed by atoms with Crippen LogP contribution >= 0.6 is 15.9 Å². The Bertz CT molecular complexity index is 364. The predicted octanol–water partition coefficient (Wildman–Crippen LogP) is 2.50. The molecule has 17 heavy (non-hydrogen) atoms. The second-order valence-corrected chi connectivity index (χ2v) is 5.22. The number of hydrogen-bond donors (Lipinski definition) is 1. The molecule has 0 aromatic heterocycles. The highest BCUT2D eigenvalue weighted by Crippen LogP contribution is 2.22. The number of anilines is 1. The van der Waals surface area contributed by atoms with Gasteiger partial charge in [0.1, 0.15) is 0 Å². The molecule has 1 heterocycles. The van der Waals surface area contributed by atoms with E-state index in [9.17, 15) is 0 Å². The Morgan fingerprint density at radius 1 is 1.35 bits per heavy atom. The lowest BCUT2D eigenvalue weighted by molar-refractivity contribution is 0.0398. The molecule has 2 rings (SSSR count). The number of aryl methyl sites for hydroxylation is 1. The molecular formula is C13H19BrN2O. The minimum atomic E-state index is 0.869. The van der Waals surface area contributed by atoms with Gasteiger partial charge in [-0.25, -0.2) is 0 Å². The maximum Gasteiger partial charge on any atom is 0.0594 e. The topological polar surface area (TPSA) is 24.5 Å². The van der Waals surface area contributed by atoms with E-state index in [2.05, 4.69) is 51.3 Å². The van der Waals surface area contributed by atoms with Crippen molar-refractivity contribution in [2.45, 2.75) is 6.92 Å². The molecule has 0 amide bonds. The molecule has 0 aliphatic carbocycles. The molecule has 0 bridgehead atoms. The third kappa shape index (κ3) is 3.98. The normalized spacial score (nSPS) is 17.1. The maximum atomic E-state index is 5.33. The zero-order valence-electron chi connectivity index (χ0n) is 10.2. The Labute approximate surface area is 111 Å². The first-order chi connectivity index (χ1) is 8.25.